The highest BCUT2D eigenvalue weighted by atomic mass is 79.9. The monoisotopic (exact) mass is 1930 g/mol. The number of hydrogen-bond donors (Lipinski definition) is 12. The molecule has 14 rings (SSSR count). The lowest BCUT2D eigenvalue weighted by Gasteiger charge is -2.33. The molecule has 0 saturated carbocycles. The van der Waals surface area contributed by atoms with E-state index in [1.165, 1.54) is 61.2 Å². The second-order valence-electron chi connectivity index (χ2n) is 26.8. The number of nitrogens with one attached hydrogen (secondary N) is 11. The molecule has 28 nitrogen and oxygen atoms in total. The summed E-state index contributed by atoms with van der Waals surface area (Å²) in [5.41, 5.74) is 10.7. The van der Waals surface area contributed by atoms with Gasteiger partial charge in [-0.1, -0.05) is 48.5 Å². The third kappa shape index (κ3) is 25.1. The smallest absolute Gasteiger partial charge is 0.259 e. The molecule has 12 aromatic rings. The standard InChI is InChI=1S/C23H19BrFN5O2.C22H17BrFN5O2.C22H19BrFN5O2.C21H17BrFN5O2/c24-16-6-9-20(27-13-16)29-23(32)18-12-17(25)7-8-19(18)28-22(31)15-4-2-14(3-5-15)21(26)30-10-1-11-30;23-15-5-8-19(27-12-15)29-22(31)17-11-16(24)6-7-18(17)28-21(30)14-3-1-13(2-4-14)20-25-9-10-26-20;1-29(2)20(25)13-3-5-14(6-4-13)21(30)27-18-9-8-16(24)11-17(18)22(31)28-19-10-7-15(23)12-26-19;1-25-19(24)12-2-4-13(5-3-12)20(29)27-17-8-7-15(23)10-16(17)21(30)28-18-9-6-14(22)11-26-18/h2-9,12-13,26H,1,10-11H2,(H,28,31)(H,27,29,32);1-8,11-12H,9-10H2,(H,25,26)(H,28,30)(H,27,29,31);3-12,25H,1-2H3,(H,27,30)(H,26,28,31);2-11H,1H3,(H2,24,25)(H,27,29)(H,26,28,30). The predicted molar refractivity (Wildman–Crippen MR) is 482 cm³/mol. The average molecular weight is 1930 g/mol. The molecule has 36 heteroatoms. The van der Waals surface area contributed by atoms with Crippen molar-refractivity contribution in [2.24, 2.45) is 15.7 Å². The van der Waals surface area contributed by atoms with Crippen LogP contribution >= 0.6 is 63.7 Å². The third-order valence-electron chi connectivity index (χ3n) is 18.0. The lowest BCUT2D eigenvalue weighted by Crippen LogP contribution is -2.42. The van der Waals surface area contributed by atoms with Crippen LogP contribution in [0.3, 0.4) is 0 Å². The highest BCUT2D eigenvalue weighted by molar-refractivity contribution is 9.11. The predicted octanol–water partition coefficient (Wildman–Crippen LogP) is 16.6. The van der Waals surface area contributed by atoms with Crippen molar-refractivity contribution < 1.29 is 55.9 Å². The van der Waals surface area contributed by atoms with Gasteiger partial charge in [0.1, 0.15) is 69.9 Å². The van der Waals surface area contributed by atoms with Gasteiger partial charge < -0.3 is 63.4 Å². The molecule has 2 aliphatic rings. The van der Waals surface area contributed by atoms with Crippen molar-refractivity contribution in [1.29, 1.82) is 10.8 Å². The lowest BCUT2D eigenvalue weighted by molar-refractivity contribution is 0.101. The number of carbonyl (C=O) groups is 8. The summed E-state index contributed by atoms with van der Waals surface area (Å²) in [5, 5.41) is 40.3. The number of rotatable bonds is 20. The van der Waals surface area contributed by atoms with Gasteiger partial charge in [0.2, 0.25) is 0 Å². The first-order valence-corrected chi connectivity index (χ1v) is 40.4. The van der Waals surface area contributed by atoms with Crippen molar-refractivity contribution in [3.05, 3.63) is 351 Å². The first-order chi connectivity index (χ1) is 59.5. The summed E-state index contributed by atoms with van der Waals surface area (Å²) in [5.74, 6) is -3.59. The van der Waals surface area contributed by atoms with Crippen LogP contribution < -0.4 is 53.6 Å². The van der Waals surface area contributed by atoms with Gasteiger partial charge in [0.05, 0.1) is 51.5 Å². The van der Waals surface area contributed by atoms with Crippen LogP contribution in [0.2, 0.25) is 0 Å². The number of amides is 8. The Hall–Kier alpha value is -14.4. The molecule has 0 atom stereocenters. The number of anilines is 8. The number of nitrogens with two attached hydrogens (primary N) is 1. The van der Waals surface area contributed by atoms with Crippen LogP contribution in [-0.2, 0) is 0 Å². The van der Waals surface area contributed by atoms with Gasteiger partial charge in [-0.3, -0.25) is 59.2 Å². The van der Waals surface area contributed by atoms with Gasteiger partial charge in [-0.05, 0) is 240 Å². The fraction of sp³-hybridized carbons (Fsp3) is 0.0909. The summed E-state index contributed by atoms with van der Waals surface area (Å²) >= 11 is 13.1. The summed E-state index contributed by atoms with van der Waals surface area (Å²) in [7, 11) is 5.09. The molecule has 124 heavy (non-hydrogen) atoms. The number of benzene rings is 8. The van der Waals surface area contributed by atoms with E-state index in [0.29, 0.717) is 62.5 Å². The lowest BCUT2D eigenvalue weighted by atomic mass is 10.1. The molecule has 0 radical (unpaired) electrons. The van der Waals surface area contributed by atoms with Gasteiger partial charge in [0.25, 0.3) is 47.3 Å². The van der Waals surface area contributed by atoms with E-state index in [0.717, 1.165) is 104 Å². The minimum atomic E-state index is -0.613. The van der Waals surface area contributed by atoms with Crippen LogP contribution in [0.15, 0.2) is 271 Å². The Morgan fingerprint density at radius 3 is 0.944 bits per heavy atom. The molecule has 8 amide bonds. The maximum absolute atomic E-state index is 13.8. The van der Waals surface area contributed by atoms with Gasteiger partial charge in [0.15, 0.2) is 0 Å². The first kappa shape index (κ1) is 90.4. The number of carbonyl (C=O) groups excluding carboxylic acids is 8. The normalized spacial score (nSPS) is 11.7. The summed E-state index contributed by atoms with van der Waals surface area (Å²) in [6.07, 6.45) is 7.16. The van der Waals surface area contributed by atoms with E-state index in [4.69, 9.17) is 16.6 Å². The maximum Gasteiger partial charge on any atom is 0.259 e. The number of amidine groups is 4. The van der Waals surface area contributed by atoms with E-state index >= 15 is 0 Å². The highest BCUT2D eigenvalue weighted by Crippen LogP contribution is 2.28. The molecule has 0 aliphatic carbocycles. The molecule has 628 valence electrons. The summed E-state index contributed by atoms with van der Waals surface area (Å²) < 4.78 is 58.2. The van der Waals surface area contributed by atoms with E-state index in [1.54, 1.807) is 172 Å². The molecule has 8 aromatic carbocycles. The molecule has 6 heterocycles. The fourth-order valence-electron chi connectivity index (χ4n) is 11.4. The maximum atomic E-state index is 13.8. The SMILES string of the molecule is CN(C)C(=N)c1ccc(C(=O)Nc2ccc(F)cc2C(=O)Nc2ccc(Br)cn2)cc1.CN=C(N)c1ccc(C(=O)Nc2ccc(F)cc2C(=O)Nc2ccc(Br)cn2)cc1.N=C(c1ccc(C(=O)Nc2ccc(F)cc2C(=O)Nc2ccc(Br)cn2)cc1)N1CCC1.O=C(Nc1ccc(F)cc1C(=O)Nc1ccc(Br)cn1)c1ccc(C2=NCCN2)cc1. The number of aromatic nitrogens is 4. The van der Waals surface area contributed by atoms with Crippen molar-refractivity contribution in [3.8, 4) is 0 Å². The largest absolute Gasteiger partial charge is 0.384 e. The zero-order valence-electron chi connectivity index (χ0n) is 65.6. The first-order valence-electron chi connectivity index (χ1n) is 37.2. The second kappa shape index (κ2) is 42.7. The van der Waals surface area contributed by atoms with Gasteiger partial charge in [-0.2, -0.15) is 0 Å². The molecule has 0 bridgehead atoms. The van der Waals surface area contributed by atoms with E-state index in [1.807, 2.05) is 4.90 Å². The van der Waals surface area contributed by atoms with Crippen LogP contribution in [-0.4, -0.2) is 148 Å². The Morgan fingerprint density at radius 2 is 0.685 bits per heavy atom. The summed E-state index contributed by atoms with van der Waals surface area (Å²) in [4.78, 5) is 129. The Bertz CT molecular complexity index is 6060. The van der Waals surface area contributed by atoms with Crippen molar-refractivity contribution in [3.63, 3.8) is 0 Å². The van der Waals surface area contributed by atoms with Gasteiger partial charge >= 0.3 is 0 Å². The Balaban J connectivity index is 0.000000161. The highest BCUT2D eigenvalue weighted by Gasteiger charge is 2.24. The molecule has 13 N–H and O–H groups in total. The minimum Gasteiger partial charge on any atom is -0.384 e. The molecular formula is C88H72Br4F4N20O8. The zero-order chi connectivity index (χ0) is 88.7. The van der Waals surface area contributed by atoms with Crippen LogP contribution in [0.4, 0.5) is 63.6 Å². The van der Waals surface area contributed by atoms with Crippen molar-refractivity contribution in [2.45, 2.75) is 6.42 Å². The molecule has 4 aromatic heterocycles. The summed E-state index contributed by atoms with van der Waals surface area (Å²) in [6, 6.07) is 54.0. The van der Waals surface area contributed by atoms with Crippen molar-refractivity contribution >= 4 is 180 Å². The van der Waals surface area contributed by atoms with Gasteiger partial charge in [-0.15, -0.1) is 0 Å². The van der Waals surface area contributed by atoms with Gasteiger partial charge in [-0.25, -0.2) is 37.5 Å². The molecule has 0 spiro atoms. The minimum absolute atomic E-state index is 0.0146. The van der Waals surface area contributed by atoms with Gasteiger partial charge in [0, 0.05) is 128 Å². The van der Waals surface area contributed by atoms with E-state index in [2.05, 4.69) is 141 Å². The van der Waals surface area contributed by atoms with Crippen LogP contribution in [0.1, 0.15) is 112 Å². The Morgan fingerprint density at radius 1 is 0.395 bits per heavy atom. The molecular weight excluding hydrogens is 1860 g/mol. The number of nitrogens with zero attached hydrogens (tertiary/aromatic N) is 8. The van der Waals surface area contributed by atoms with E-state index < -0.39 is 70.5 Å². The van der Waals surface area contributed by atoms with E-state index in [9.17, 15) is 55.9 Å². The van der Waals surface area contributed by atoms with Crippen molar-refractivity contribution in [2.75, 3.05) is 89.9 Å². The van der Waals surface area contributed by atoms with Crippen LogP contribution in [0, 0.1) is 34.1 Å². The zero-order valence-corrected chi connectivity index (χ0v) is 71.9. The second-order valence-corrected chi connectivity index (χ2v) is 30.5. The molecule has 0 unspecified atom stereocenters. The third-order valence-corrected chi connectivity index (χ3v) is 19.9. The van der Waals surface area contributed by atoms with Crippen LogP contribution in [0.5, 0.6) is 0 Å². The Labute approximate surface area is 740 Å². The fourth-order valence-corrected chi connectivity index (χ4v) is 12.3. The topological polar surface area (TPSA) is 401 Å². The number of likely N-dealkylation sites (tertiary alicyclic amines) is 1. The number of hydrogen-bond acceptors (Lipinski definition) is 17. The van der Waals surface area contributed by atoms with Crippen LogP contribution in [0.25, 0.3) is 0 Å². The number of pyridine rings is 4. The molecule has 1 fully saturated rings. The number of halogens is 8. The Kier molecular flexibility index (Phi) is 31.2. The molecule has 2 aliphatic heterocycles. The summed E-state index contributed by atoms with van der Waals surface area (Å²) in [6.45, 7) is 3.25. The van der Waals surface area contributed by atoms with E-state index in [-0.39, 0.29) is 56.6 Å². The average Bonchev–Trinajstić information content (AvgIpc) is 0.838. The number of aliphatic imine (C=N–C) groups is 2. The van der Waals surface area contributed by atoms with Crippen molar-refractivity contribution in [1.82, 2.24) is 35.1 Å². The molecule has 1 saturated heterocycles. The quantitative estimate of drug-likeness (QED) is 0.0192.